The maximum Gasteiger partial charge on any atom is 0.186 e. The second-order valence-electron chi connectivity index (χ2n) is 0.523. The summed E-state index contributed by atoms with van der Waals surface area (Å²) in [5.74, 6) is 0. The van der Waals surface area contributed by atoms with Gasteiger partial charge in [-0.2, -0.15) is 0 Å². The lowest BCUT2D eigenvalue weighted by Crippen LogP contribution is -1.65. The van der Waals surface area contributed by atoms with E-state index in [9.17, 15) is 4.57 Å². The van der Waals surface area contributed by atoms with Crippen molar-refractivity contribution in [2.45, 2.75) is 0 Å². The predicted octanol–water partition coefficient (Wildman–Crippen LogP) is 0.698. The van der Waals surface area contributed by atoms with E-state index in [1.54, 1.807) is 6.26 Å². The van der Waals surface area contributed by atoms with E-state index >= 15 is 0 Å². The minimum absolute atomic E-state index is 1.20. The molecule has 0 amide bonds. The summed E-state index contributed by atoms with van der Waals surface area (Å²) in [6.45, 7) is 0. The van der Waals surface area contributed by atoms with Crippen LogP contribution in [0.15, 0.2) is 0 Å². The Hall–Kier alpha value is 0.540. The molecule has 0 aliphatic heterocycles. The second kappa shape index (κ2) is 2.76. The molecule has 4 heteroatoms. The standard InChI is InChI=1S/CH6NOPS/c1-5-4(2)3/h4H,1H3,(H2,2,3). The first-order valence-electron chi connectivity index (χ1n) is 1.11. The van der Waals surface area contributed by atoms with Crippen molar-refractivity contribution in [3.05, 3.63) is 0 Å². The Morgan fingerprint density at radius 2 is 2.20 bits per heavy atom. The third-order valence-electron chi connectivity index (χ3n) is 0.201. The lowest BCUT2D eigenvalue weighted by molar-refractivity contribution is 0.597. The van der Waals surface area contributed by atoms with Gasteiger partial charge in [-0.15, -0.1) is 0 Å². The molecule has 0 aliphatic carbocycles. The van der Waals surface area contributed by atoms with E-state index in [1.807, 2.05) is 0 Å². The minimum atomic E-state index is -1.71. The fourth-order valence-electron chi connectivity index (χ4n) is 0. The molecule has 0 aromatic rings. The largest absolute Gasteiger partial charge is 0.298 e. The van der Waals surface area contributed by atoms with Gasteiger partial charge >= 0.3 is 0 Å². The van der Waals surface area contributed by atoms with E-state index in [2.05, 4.69) is 0 Å². The Morgan fingerprint density at radius 3 is 2.20 bits per heavy atom. The van der Waals surface area contributed by atoms with Gasteiger partial charge in [0.05, 0.1) is 0 Å². The zero-order valence-corrected chi connectivity index (χ0v) is 4.71. The summed E-state index contributed by atoms with van der Waals surface area (Å²) >= 11 is 1.20. The molecule has 1 unspecified atom stereocenters. The summed E-state index contributed by atoms with van der Waals surface area (Å²) in [5.41, 5.74) is 4.80. The molecule has 0 radical (unpaired) electrons. The Balaban J connectivity index is 2.85. The van der Waals surface area contributed by atoms with E-state index < -0.39 is 7.15 Å². The Kier molecular flexibility index (Phi) is 3.06. The number of nitrogens with two attached hydrogens (primary N) is 1. The summed E-state index contributed by atoms with van der Waals surface area (Å²) in [6.07, 6.45) is 1.72. The van der Waals surface area contributed by atoms with Crippen molar-refractivity contribution in [1.82, 2.24) is 0 Å². The lowest BCUT2D eigenvalue weighted by Gasteiger charge is -1.75. The van der Waals surface area contributed by atoms with Crippen LogP contribution >= 0.6 is 18.5 Å². The van der Waals surface area contributed by atoms with Crippen LogP contribution in [0.3, 0.4) is 0 Å². The van der Waals surface area contributed by atoms with Crippen molar-refractivity contribution in [3.8, 4) is 0 Å². The first-order valence-corrected chi connectivity index (χ1v) is 4.54. The van der Waals surface area contributed by atoms with Crippen molar-refractivity contribution in [2.24, 2.45) is 5.50 Å². The molecule has 0 aromatic carbocycles. The van der Waals surface area contributed by atoms with Crippen molar-refractivity contribution < 1.29 is 4.57 Å². The molecule has 0 rings (SSSR count). The van der Waals surface area contributed by atoms with Gasteiger partial charge in [-0.25, -0.2) is 0 Å². The number of hydrogen-bond acceptors (Lipinski definition) is 2. The molecule has 0 saturated carbocycles. The first kappa shape index (κ1) is 5.54. The molecule has 32 valence electrons. The second-order valence-corrected chi connectivity index (χ2v) is 4.00. The smallest absolute Gasteiger partial charge is 0.186 e. The summed E-state index contributed by atoms with van der Waals surface area (Å²) in [4.78, 5) is 0. The van der Waals surface area contributed by atoms with E-state index in [4.69, 9.17) is 5.50 Å². The molecule has 5 heavy (non-hydrogen) atoms. The third-order valence-corrected chi connectivity index (χ3v) is 1.81. The number of rotatable bonds is 1. The maximum absolute atomic E-state index is 9.74. The lowest BCUT2D eigenvalue weighted by atomic mass is 12.0. The fraction of sp³-hybridized carbons (Fsp3) is 1.00. The monoisotopic (exact) mass is 111 g/mol. The zero-order valence-electron chi connectivity index (χ0n) is 2.89. The summed E-state index contributed by atoms with van der Waals surface area (Å²) in [6, 6.07) is 0. The summed E-state index contributed by atoms with van der Waals surface area (Å²) < 4.78 is 9.74. The highest BCUT2D eigenvalue weighted by Gasteiger charge is 1.73. The van der Waals surface area contributed by atoms with Gasteiger partial charge < -0.3 is 0 Å². The van der Waals surface area contributed by atoms with E-state index in [0.717, 1.165) is 0 Å². The van der Waals surface area contributed by atoms with Crippen molar-refractivity contribution in [3.63, 3.8) is 0 Å². The zero-order chi connectivity index (χ0) is 4.28. The number of hydrogen-bond donors (Lipinski definition) is 1. The fourth-order valence-corrected chi connectivity index (χ4v) is 0. The van der Waals surface area contributed by atoms with Gasteiger partial charge in [0.1, 0.15) is 0 Å². The molecule has 0 fully saturated rings. The van der Waals surface area contributed by atoms with Crippen LogP contribution in [0.4, 0.5) is 0 Å². The van der Waals surface area contributed by atoms with Crippen LogP contribution in [0.5, 0.6) is 0 Å². The Bertz CT molecular complexity index is 46.9. The first-order chi connectivity index (χ1) is 2.27. The highest BCUT2D eigenvalue weighted by Crippen LogP contribution is 2.23. The quantitative estimate of drug-likeness (QED) is 0.506. The van der Waals surface area contributed by atoms with Crippen LogP contribution in [0.25, 0.3) is 0 Å². The van der Waals surface area contributed by atoms with Crippen LogP contribution in [-0.2, 0) is 4.57 Å². The normalized spacial score (nSPS) is 14.8. The van der Waals surface area contributed by atoms with Crippen LogP contribution in [0, 0.1) is 0 Å². The maximum atomic E-state index is 9.74. The van der Waals surface area contributed by atoms with Crippen molar-refractivity contribution in [2.75, 3.05) is 6.26 Å². The third kappa shape index (κ3) is 4.54. The topological polar surface area (TPSA) is 43.1 Å². The van der Waals surface area contributed by atoms with Gasteiger partial charge in [-0.05, 0) is 6.26 Å². The van der Waals surface area contributed by atoms with Gasteiger partial charge in [0, 0.05) is 0 Å². The Labute approximate surface area is 35.7 Å². The highest BCUT2D eigenvalue weighted by molar-refractivity contribution is 8.50. The van der Waals surface area contributed by atoms with Crippen molar-refractivity contribution >= 4 is 18.5 Å². The van der Waals surface area contributed by atoms with E-state index in [1.165, 1.54) is 11.4 Å². The molecule has 0 heterocycles. The molecule has 0 aliphatic rings. The van der Waals surface area contributed by atoms with E-state index in [0.29, 0.717) is 0 Å². The van der Waals surface area contributed by atoms with Crippen LogP contribution in [0.2, 0.25) is 0 Å². The molecule has 0 aromatic heterocycles. The predicted molar refractivity (Wildman–Crippen MR) is 26.7 cm³/mol. The van der Waals surface area contributed by atoms with Gasteiger partial charge in [0.15, 0.2) is 7.15 Å². The van der Waals surface area contributed by atoms with Gasteiger partial charge in [-0.3, -0.25) is 10.1 Å². The molecule has 2 N–H and O–H groups in total. The Morgan fingerprint density at radius 1 is 2.00 bits per heavy atom. The van der Waals surface area contributed by atoms with Gasteiger partial charge in [0.25, 0.3) is 0 Å². The average molecular weight is 111 g/mol. The molecular formula is CH6NOPS. The molecular weight excluding hydrogens is 105 g/mol. The van der Waals surface area contributed by atoms with Gasteiger partial charge in [0.2, 0.25) is 0 Å². The highest BCUT2D eigenvalue weighted by atomic mass is 32.7. The summed E-state index contributed by atoms with van der Waals surface area (Å²) in [7, 11) is -1.71. The minimum Gasteiger partial charge on any atom is -0.298 e. The van der Waals surface area contributed by atoms with Crippen LogP contribution < -0.4 is 5.50 Å². The van der Waals surface area contributed by atoms with Crippen LogP contribution in [0.1, 0.15) is 0 Å². The summed E-state index contributed by atoms with van der Waals surface area (Å²) in [5, 5.41) is 0. The molecule has 0 saturated heterocycles. The molecule has 0 spiro atoms. The molecule has 1 atom stereocenters. The molecule has 0 bridgehead atoms. The molecule has 2 nitrogen and oxygen atoms in total. The SMILES string of the molecule is CS[PH](N)=O. The van der Waals surface area contributed by atoms with Crippen molar-refractivity contribution in [1.29, 1.82) is 0 Å². The van der Waals surface area contributed by atoms with Gasteiger partial charge in [-0.1, -0.05) is 11.4 Å². The van der Waals surface area contributed by atoms with E-state index in [-0.39, 0.29) is 0 Å². The van der Waals surface area contributed by atoms with Crippen LogP contribution in [-0.4, -0.2) is 6.26 Å². The average Bonchev–Trinajstić information content (AvgIpc) is 1.38.